The van der Waals surface area contributed by atoms with Crippen molar-refractivity contribution < 1.29 is 13.2 Å². The third kappa shape index (κ3) is 3.39. The van der Waals surface area contributed by atoms with Crippen LogP contribution in [0.2, 0.25) is 0 Å². The summed E-state index contributed by atoms with van der Waals surface area (Å²) >= 11 is 0. The monoisotopic (exact) mass is 376 g/mol. The number of carbonyl (C=O) groups excluding carboxylic acids is 1. The number of carbonyl (C=O) groups is 1. The number of rotatable bonds is 4. The van der Waals surface area contributed by atoms with Gasteiger partial charge in [0.2, 0.25) is 15.9 Å². The van der Waals surface area contributed by atoms with Crippen molar-refractivity contribution >= 4 is 21.7 Å². The smallest absolute Gasteiger partial charge is 0.244 e. The van der Waals surface area contributed by atoms with Crippen LogP contribution in [0.15, 0.2) is 29.3 Å². The van der Waals surface area contributed by atoms with Gasteiger partial charge in [-0.25, -0.2) is 8.42 Å². The Kier molecular flexibility index (Phi) is 4.90. The van der Waals surface area contributed by atoms with Crippen LogP contribution in [0.25, 0.3) is 0 Å². The van der Waals surface area contributed by atoms with Crippen LogP contribution in [0.5, 0.6) is 0 Å². The number of nitrogens with zero attached hydrogens (tertiary/aromatic N) is 3. The molecule has 1 saturated heterocycles. The molecule has 0 spiro atoms. The van der Waals surface area contributed by atoms with Crippen LogP contribution in [0.1, 0.15) is 29.5 Å². The number of aryl methyl sites for hydroxylation is 4. The molecule has 0 bridgehead atoms. The van der Waals surface area contributed by atoms with Gasteiger partial charge in [-0.2, -0.15) is 9.40 Å². The quantitative estimate of drug-likeness (QED) is 0.886. The lowest BCUT2D eigenvalue weighted by Crippen LogP contribution is -2.43. The van der Waals surface area contributed by atoms with Crippen LogP contribution in [-0.2, 0) is 21.9 Å². The molecule has 7 nitrogen and oxygen atoms in total. The molecule has 26 heavy (non-hydrogen) atoms. The summed E-state index contributed by atoms with van der Waals surface area (Å²) in [4.78, 5) is 13.0. The topological polar surface area (TPSA) is 84.3 Å². The number of aromatic nitrogens is 2. The first kappa shape index (κ1) is 18.6. The first-order chi connectivity index (χ1) is 12.2. The molecule has 1 amide bonds. The minimum Gasteiger partial charge on any atom is -0.308 e. The van der Waals surface area contributed by atoms with Crippen molar-refractivity contribution in [2.45, 2.75) is 44.6 Å². The van der Waals surface area contributed by atoms with E-state index in [9.17, 15) is 13.2 Å². The second kappa shape index (κ2) is 6.85. The predicted molar refractivity (Wildman–Crippen MR) is 99.4 cm³/mol. The second-order valence-corrected chi connectivity index (χ2v) is 8.69. The molecule has 2 aromatic rings. The van der Waals surface area contributed by atoms with Gasteiger partial charge >= 0.3 is 0 Å². The van der Waals surface area contributed by atoms with Gasteiger partial charge in [0, 0.05) is 25.9 Å². The molecule has 1 aromatic heterocycles. The van der Waals surface area contributed by atoms with Crippen LogP contribution < -0.4 is 5.32 Å². The van der Waals surface area contributed by atoms with E-state index < -0.39 is 16.1 Å². The molecule has 0 radical (unpaired) electrons. The third-order valence-electron chi connectivity index (χ3n) is 4.64. The van der Waals surface area contributed by atoms with E-state index in [1.807, 2.05) is 19.1 Å². The Morgan fingerprint density at radius 2 is 1.88 bits per heavy atom. The SMILES string of the molecule is Cc1cc(C)c(S(=O)(=O)N2CCCC2C(=O)Nc2ccn(C)n2)c(C)c1. The lowest BCUT2D eigenvalue weighted by atomic mass is 10.1. The van der Waals surface area contributed by atoms with E-state index in [-0.39, 0.29) is 5.91 Å². The van der Waals surface area contributed by atoms with Crippen molar-refractivity contribution in [2.24, 2.45) is 7.05 Å². The van der Waals surface area contributed by atoms with Gasteiger partial charge in [-0.05, 0) is 44.7 Å². The zero-order valence-electron chi connectivity index (χ0n) is 15.5. The van der Waals surface area contributed by atoms with Crippen LogP contribution in [0, 0.1) is 20.8 Å². The fourth-order valence-electron chi connectivity index (χ4n) is 3.67. The van der Waals surface area contributed by atoms with Crippen molar-refractivity contribution in [1.29, 1.82) is 0 Å². The predicted octanol–water partition coefficient (Wildman–Crippen LogP) is 2.14. The normalized spacial score (nSPS) is 18.2. The highest BCUT2D eigenvalue weighted by atomic mass is 32.2. The summed E-state index contributed by atoms with van der Waals surface area (Å²) in [5.41, 5.74) is 2.43. The zero-order chi connectivity index (χ0) is 19.1. The Labute approximate surface area is 154 Å². The molecule has 1 aliphatic heterocycles. The summed E-state index contributed by atoms with van der Waals surface area (Å²) in [5, 5.41) is 6.84. The average Bonchev–Trinajstić information content (AvgIpc) is 3.15. The third-order valence-corrected chi connectivity index (χ3v) is 6.86. The summed E-state index contributed by atoms with van der Waals surface area (Å²) in [6.45, 7) is 5.88. The Balaban J connectivity index is 1.90. The molecular formula is C18H24N4O3S. The van der Waals surface area contributed by atoms with Crippen LogP contribution in [0.4, 0.5) is 5.82 Å². The first-order valence-corrected chi connectivity index (χ1v) is 10.0. The Morgan fingerprint density at radius 1 is 1.23 bits per heavy atom. The van der Waals surface area contributed by atoms with Gasteiger partial charge < -0.3 is 5.32 Å². The average molecular weight is 376 g/mol. The fourth-order valence-corrected chi connectivity index (χ4v) is 5.74. The number of anilines is 1. The van der Waals surface area contributed by atoms with Crippen LogP contribution >= 0.6 is 0 Å². The maximum Gasteiger partial charge on any atom is 0.244 e. The Hall–Kier alpha value is -2.19. The summed E-state index contributed by atoms with van der Waals surface area (Å²) in [7, 11) is -2.00. The molecule has 0 aliphatic carbocycles. The van der Waals surface area contributed by atoms with E-state index in [4.69, 9.17) is 0 Å². The van der Waals surface area contributed by atoms with E-state index in [1.54, 1.807) is 37.8 Å². The summed E-state index contributed by atoms with van der Waals surface area (Å²) in [6, 6.07) is 4.68. The van der Waals surface area contributed by atoms with E-state index >= 15 is 0 Å². The molecular weight excluding hydrogens is 352 g/mol. The molecule has 1 unspecified atom stereocenters. The largest absolute Gasteiger partial charge is 0.308 e. The molecule has 1 aliphatic rings. The standard InChI is InChI=1S/C18H24N4O3S/c1-12-10-13(2)17(14(3)11-12)26(24,25)22-8-5-6-15(22)18(23)19-16-7-9-21(4)20-16/h7,9-11,15H,5-6,8H2,1-4H3,(H,19,20,23). The molecule has 1 atom stereocenters. The van der Waals surface area contributed by atoms with Crippen molar-refractivity contribution in [3.63, 3.8) is 0 Å². The molecule has 2 heterocycles. The number of benzene rings is 1. The second-order valence-electron chi connectivity index (χ2n) is 6.87. The maximum atomic E-state index is 13.3. The lowest BCUT2D eigenvalue weighted by Gasteiger charge is -2.25. The van der Waals surface area contributed by atoms with Crippen molar-refractivity contribution in [1.82, 2.24) is 14.1 Å². The molecule has 140 valence electrons. The van der Waals surface area contributed by atoms with Crippen LogP contribution in [0.3, 0.4) is 0 Å². The highest BCUT2D eigenvalue weighted by molar-refractivity contribution is 7.89. The van der Waals surface area contributed by atoms with Crippen molar-refractivity contribution in [3.05, 3.63) is 41.1 Å². The van der Waals surface area contributed by atoms with Gasteiger partial charge in [-0.3, -0.25) is 9.48 Å². The van der Waals surface area contributed by atoms with Crippen molar-refractivity contribution in [2.75, 3.05) is 11.9 Å². The van der Waals surface area contributed by atoms with Gasteiger partial charge in [0.15, 0.2) is 5.82 Å². The number of amides is 1. The minimum absolute atomic E-state index is 0.306. The van der Waals surface area contributed by atoms with E-state index in [1.165, 1.54) is 4.31 Å². The summed E-state index contributed by atoms with van der Waals surface area (Å²) < 4.78 is 29.5. The first-order valence-electron chi connectivity index (χ1n) is 8.60. The van der Waals surface area contributed by atoms with E-state index in [0.717, 1.165) is 5.56 Å². The highest BCUT2D eigenvalue weighted by Crippen LogP contribution is 2.31. The van der Waals surface area contributed by atoms with E-state index in [0.29, 0.717) is 41.2 Å². The number of hydrogen-bond acceptors (Lipinski definition) is 4. The zero-order valence-corrected chi connectivity index (χ0v) is 16.3. The summed E-state index contributed by atoms with van der Waals surface area (Å²) in [5.74, 6) is 0.0802. The molecule has 1 aromatic carbocycles. The Bertz CT molecular complexity index is 926. The number of nitrogens with one attached hydrogen (secondary N) is 1. The number of sulfonamides is 1. The van der Waals surface area contributed by atoms with Gasteiger partial charge in [0.25, 0.3) is 0 Å². The number of hydrogen-bond donors (Lipinski definition) is 1. The minimum atomic E-state index is -3.75. The van der Waals surface area contributed by atoms with Gasteiger partial charge in [0.05, 0.1) is 4.90 Å². The van der Waals surface area contributed by atoms with Gasteiger partial charge in [0.1, 0.15) is 6.04 Å². The molecule has 0 saturated carbocycles. The van der Waals surface area contributed by atoms with Gasteiger partial charge in [-0.15, -0.1) is 0 Å². The molecule has 8 heteroatoms. The lowest BCUT2D eigenvalue weighted by molar-refractivity contribution is -0.119. The highest BCUT2D eigenvalue weighted by Gasteiger charge is 2.40. The molecule has 1 N–H and O–H groups in total. The van der Waals surface area contributed by atoms with Crippen LogP contribution in [-0.4, -0.2) is 41.0 Å². The van der Waals surface area contributed by atoms with Crippen molar-refractivity contribution in [3.8, 4) is 0 Å². The Morgan fingerprint density at radius 3 is 2.46 bits per heavy atom. The van der Waals surface area contributed by atoms with Gasteiger partial charge in [-0.1, -0.05) is 17.7 Å². The molecule has 1 fully saturated rings. The maximum absolute atomic E-state index is 13.3. The van der Waals surface area contributed by atoms with E-state index in [2.05, 4.69) is 10.4 Å². The molecule has 3 rings (SSSR count). The fraction of sp³-hybridized carbons (Fsp3) is 0.444. The summed E-state index contributed by atoms with van der Waals surface area (Å²) in [6.07, 6.45) is 2.88.